The molecule has 1 aromatic rings. The van der Waals surface area contributed by atoms with Crippen molar-refractivity contribution in [2.45, 2.75) is 131 Å². The fourth-order valence-electron chi connectivity index (χ4n) is 4.54. The van der Waals surface area contributed by atoms with Crippen LogP contribution in [0.5, 0.6) is 0 Å². The third-order valence-corrected chi connectivity index (χ3v) is 7.77. The minimum Gasteiger partial charge on any atom is -0.461 e. The first-order valence-corrected chi connectivity index (χ1v) is 17.0. The molecule has 1 aliphatic heterocycles. The maximum absolute atomic E-state index is 13.0. The average molecular weight is 615 g/mol. The summed E-state index contributed by atoms with van der Waals surface area (Å²) in [5.74, 6) is -0.0913. The van der Waals surface area contributed by atoms with Crippen molar-refractivity contribution >= 4 is 29.6 Å². The van der Waals surface area contributed by atoms with Crippen LogP contribution in [0.25, 0.3) is 0 Å². The Hall–Kier alpha value is -2.04. The number of unbranched alkanes of at least 4 members (excludes halogenated alkanes) is 4. The molecular formula is C32H62N4O5S. The standard InChI is InChI=1S/C23H40N2O4S.C6H13N.C2H6.CH3NO/c1-6-9-11-12-14-25(21(27)13-10-7-2)19(17(4)5)15-20(26)22-24-18(16-30-22)23(28)29-8-3;1-7-5-3-2-4-6-7;1-2;2-1-3/h16-17,19-20,26H,6-15H2,1-5H3;2-6H2,1H3;1-2H3;1H,(H2,2,3). The molecule has 2 rings (SSSR count). The minimum atomic E-state index is -0.817. The largest absolute Gasteiger partial charge is 0.461 e. The highest BCUT2D eigenvalue weighted by Crippen LogP contribution is 2.28. The molecule has 1 aliphatic rings. The monoisotopic (exact) mass is 614 g/mol. The van der Waals surface area contributed by atoms with E-state index in [2.05, 4.69) is 50.4 Å². The van der Waals surface area contributed by atoms with Crippen molar-refractivity contribution in [1.29, 1.82) is 0 Å². The van der Waals surface area contributed by atoms with E-state index in [0.29, 0.717) is 17.8 Å². The lowest BCUT2D eigenvalue weighted by molar-refractivity contribution is -0.135. The average Bonchev–Trinajstić information content (AvgIpc) is 3.48. The Balaban J connectivity index is 0. The molecule has 0 bridgehead atoms. The molecule has 2 unspecified atom stereocenters. The van der Waals surface area contributed by atoms with Gasteiger partial charge < -0.3 is 25.4 Å². The highest BCUT2D eigenvalue weighted by atomic mass is 32.1. The lowest BCUT2D eigenvalue weighted by Gasteiger charge is -2.36. The number of aliphatic hydroxyl groups excluding tert-OH is 1. The van der Waals surface area contributed by atoms with Crippen molar-refractivity contribution in [3.8, 4) is 0 Å². The maximum Gasteiger partial charge on any atom is 0.357 e. The molecule has 246 valence electrons. The third kappa shape index (κ3) is 19.2. The highest BCUT2D eigenvalue weighted by Gasteiger charge is 2.29. The number of carbonyl (C=O) groups is 3. The van der Waals surface area contributed by atoms with Gasteiger partial charge in [0.15, 0.2) is 5.69 Å². The van der Waals surface area contributed by atoms with Crippen molar-refractivity contribution in [2.75, 3.05) is 33.3 Å². The van der Waals surface area contributed by atoms with Gasteiger partial charge in [0.05, 0.1) is 6.61 Å². The zero-order valence-electron chi connectivity index (χ0n) is 27.9. The quantitative estimate of drug-likeness (QED) is 0.130. The number of likely N-dealkylation sites (tertiary alicyclic amines) is 1. The van der Waals surface area contributed by atoms with E-state index in [4.69, 9.17) is 9.53 Å². The summed E-state index contributed by atoms with van der Waals surface area (Å²) in [4.78, 5) is 42.1. The lowest BCUT2D eigenvalue weighted by Crippen LogP contribution is -2.44. The SMILES string of the molecule is CC.CCCCCCN(C(=O)CCCC)C(CC(O)c1nc(C(=O)OCC)cs1)C(C)C.CN1CCCCC1.NC=O. The molecule has 2 amide bonds. The van der Waals surface area contributed by atoms with Crippen molar-refractivity contribution in [3.63, 3.8) is 0 Å². The van der Waals surface area contributed by atoms with E-state index in [9.17, 15) is 14.7 Å². The maximum atomic E-state index is 13.0. The van der Waals surface area contributed by atoms with Gasteiger partial charge in [-0.25, -0.2) is 9.78 Å². The van der Waals surface area contributed by atoms with Gasteiger partial charge in [0.25, 0.3) is 0 Å². The van der Waals surface area contributed by atoms with Crippen LogP contribution in [-0.4, -0.2) is 77.5 Å². The molecule has 1 saturated heterocycles. The second kappa shape index (κ2) is 27.8. The summed E-state index contributed by atoms with van der Waals surface area (Å²) in [5.41, 5.74) is 4.40. The normalized spacial score (nSPS) is 14.1. The number of ether oxygens (including phenoxy) is 1. The molecule has 3 N–H and O–H groups in total. The molecule has 1 fully saturated rings. The second-order valence-electron chi connectivity index (χ2n) is 10.6. The van der Waals surface area contributed by atoms with E-state index in [1.807, 2.05) is 18.7 Å². The van der Waals surface area contributed by atoms with Crippen LogP contribution in [0.2, 0.25) is 0 Å². The van der Waals surface area contributed by atoms with Crippen LogP contribution in [0.3, 0.4) is 0 Å². The number of primary amides is 1. The Bertz CT molecular complexity index is 800. The summed E-state index contributed by atoms with van der Waals surface area (Å²) in [6.07, 6.45) is 11.0. The van der Waals surface area contributed by atoms with E-state index in [0.717, 1.165) is 38.6 Å². The zero-order chi connectivity index (χ0) is 32.3. The molecule has 0 radical (unpaired) electrons. The molecule has 1 aromatic heterocycles. The minimum absolute atomic E-state index is 0.0686. The number of hydrogen-bond donors (Lipinski definition) is 2. The van der Waals surface area contributed by atoms with Crippen molar-refractivity contribution in [3.05, 3.63) is 16.1 Å². The Morgan fingerprint density at radius 2 is 1.69 bits per heavy atom. The van der Waals surface area contributed by atoms with Gasteiger partial charge in [-0.2, -0.15) is 0 Å². The van der Waals surface area contributed by atoms with E-state index >= 15 is 0 Å². The number of piperidine rings is 1. The molecule has 10 heteroatoms. The molecule has 2 atom stereocenters. The van der Waals surface area contributed by atoms with Crippen LogP contribution in [0.4, 0.5) is 0 Å². The van der Waals surface area contributed by atoms with Crippen molar-refractivity contribution in [2.24, 2.45) is 11.7 Å². The lowest BCUT2D eigenvalue weighted by atomic mass is 9.95. The van der Waals surface area contributed by atoms with Gasteiger partial charge in [0.2, 0.25) is 12.3 Å². The number of aliphatic hydroxyl groups is 1. The molecular weight excluding hydrogens is 552 g/mol. The number of rotatable bonds is 15. The number of esters is 1. The van der Waals surface area contributed by atoms with Gasteiger partial charge in [0, 0.05) is 30.8 Å². The summed E-state index contributed by atoms with van der Waals surface area (Å²) in [6, 6.07) is -0.0686. The Kier molecular flexibility index (Phi) is 27.8. The molecule has 0 aliphatic carbocycles. The van der Waals surface area contributed by atoms with Gasteiger partial charge in [-0.05, 0) is 58.7 Å². The van der Waals surface area contributed by atoms with Gasteiger partial charge >= 0.3 is 5.97 Å². The van der Waals surface area contributed by atoms with Gasteiger partial charge in [-0.3, -0.25) is 9.59 Å². The van der Waals surface area contributed by atoms with Crippen molar-refractivity contribution < 1.29 is 24.2 Å². The fraction of sp³-hybridized carbons (Fsp3) is 0.812. The number of nitrogens with zero attached hydrogens (tertiary/aromatic N) is 3. The first-order chi connectivity index (χ1) is 20.2. The van der Waals surface area contributed by atoms with Gasteiger partial charge in [-0.15, -0.1) is 11.3 Å². The topological polar surface area (TPSA) is 126 Å². The fourth-order valence-corrected chi connectivity index (χ4v) is 5.32. The molecule has 42 heavy (non-hydrogen) atoms. The number of aromatic nitrogens is 1. The molecule has 2 heterocycles. The summed E-state index contributed by atoms with van der Waals surface area (Å²) in [5, 5.41) is 13.0. The van der Waals surface area contributed by atoms with Crippen LogP contribution in [0.15, 0.2) is 5.38 Å². The third-order valence-electron chi connectivity index (χ3n) is 6.82. The van der Waals surface area contributed by atoms with E-state index in [-0.39, 0.29) is 36.6 Å². The number of hydrogen-bond acceptors (Lipinski definition) is 8. The Labute approximate surface area is 260 Å². The number of amides is 2. The van der Waals surface area contributed by atoms with E-state index in [1.165, 1.54) is 50.1 Å². The summed E-state index contributed by atoms with van der Waals surface area (Å²) < 4.78 is 4.98. The van der Waals surface area contributed by atoms with E-state index in [1.54, 1.807) is 12.3 Å². The summed E-state index contributed by atoms with van der Waals surface area (Å²) in [6.45, 7) is 17.9. The number of carbonyl (C=O) groups excluding carboxylic acids is 3. The van der Waals surface area contributed by atoms with Crippen LogP contribution < -0.4 is 5.73 Å². The second-order valence-corrected chi connectivity index (χ2v) is 11.5. The molecule has 0 spiro atoms. The zero-order valence-corrected chi connectivity index (χ0v) is 28.7. The summed E-state index contributed by atoms with van der Waals surface area (Å²) >= 11 is 1.26. The molecule has 9 nitrogen and oxygen atoms in total. The molecule has 0 aromatic carbocycles. The first-order valence-electron chi connectivity index (χ1n) is 16.1. The van der Waals surface area contributed by atoms with Crippen molar-refractivity contribution in [1.82, 2.24) is 14.8 Å². The van der Waals surface area contributed by atoms with Gasteiger partial charge in [-0.1, -0.05) is 73.6 Å². The predicted octanol–water partition coefficient (Wildman–Crippen LogP) is 6.60. The van der Waals surface area contributed by atoms with Gasteiger partial charge in [0.1, 0.15) is 11.1 Å². The number of thiazole rings is 1. The number of nitrogens with two attached hydrogens (primary N) is 1. The highest BCUT2D eigenvalue weighted by molar-refractivity contribution is 7.09. The summed E-state index contributed by atoms with van der Waals surface area (Å²) in [7, 11) is 2.19. The molecule has 0 saturated carbocycles. The van der Waals surface area contributed by atoms with Crippen LogP contribution in [0, 0.1) is 5.92 Å². The smallest absolute Gasteiger partial charge is 0.357 e. The predicted molar refractivity (Wildman–Crippen MR) is 175 cm³/mol. The van der Waals surface area contributed by atoms with Crippen LogP contribution in [-0.2, 0) is 14.3 Å². The van der Waals surface area contributed by atoms with Crippen LogP contribution >= 0.6 is 11.3 Å². The first kappa shape index (κ1) is 42.1. The Morgan fingerprint density at radius 3 is 2.17 bits per heavy atom. The van der Waals surface area contributed by atoms with E-state index < -0.39 is 12.1 Å². The Morgan fingerprint density at radius 1 is 1.10 bits per heavy atom. The van der Waals surface area contributed by atoms with Crippen LogP contribution in [0.1, 0.15) is 141 Å².